The third-order valence-corrected chi connectivity index (χ3v) is 14.5. The molecule has 0 bridgehead atoms. The van der Waals surface area contributed by atoms with Crippen molar-refractivity contribution in [2.75, 3.05) is 13.2 Å². The standard InChI is InChI=1S/C73H126O6/c1-4-7-10-13-16-19-22-25-28-31-33-34-35-36-37-38-40-42-45-48-51-54-57-60-63-66-72(75)78-69-70(68-77-71(74)65-62-59-56-53-50-47-44-41-30-27-24-21-18-15-12-9-6-3)79-73(76)67-64-61-58-55-52-49-46-43-39-32-29-26-23-20-17-14-11-8-5-2/h8,11,17-18,20-21,26-27,29-31,33,39,43,49,52,70H,4-7,9-10,12-16,19,22-25,28,32,34-38,40-42,44-48,50-51,53-69H2,1-3H3/b11-8-,20-17-,21-18-,29-26-,30-27-,33-31-,43-39-,52-49-. The van der Waals surface area contributed by atoms with Crippen LogP contribution in [0.1, 0.15) is 329 Å². The van der Waals surface area contributed by atoms with Crippen LogP contribution in [-0.4, -0.2) is 37.2 Å². The van der Waals surface area contributed by atoms with Gasteiger partial charge in [0.2, 0.25) is 0 Å². The van der Waals surface area contributed by atoms with E-state index in [4.69, 9.17) is 14.2 Å². The van der Waals surface area contributed by atoms with Crippen molar-refractivity contribution in [2.24, 2.45) is 0 Å². The third kappa shape index (κ3) is 65.0. The molecule has 0 aromatic carbocycles. The van der Waals surface area contributed by atoms with Crippen LogP contribution >= 0.6 is 0 Å². The zero-order chi connectivity index (χ0) is 57.1. The van der Waals surface area contributed by atoms with Crippen molar-refractivity contribution in [3.05, 3.63) is 97.2 Å². The molecule has 0 N–H and O–H groups in total. The summed E-state index contributed by atoms with van der Waals surface area (Å²) in [5, 5.41) is 0. The normalized spacial score (nSPS) is 12.7. The number of ether oxygens (including phenoxy) is 3. The Morgan fingerprint density at radius 1 is 0.266 bits per heavy atom. The number of carbonyl (C=O) groups is 3. The minimum atomic E-state index is -0.801. The number of esters is 3. The van der Waals surface area contributed by atoms with Gasteiger partial charge in [0.25, 0.3) is 0 Å². The van der Waals surface area contributed by atoms with Crippen LogP contribution in [0.2, 0.25) is 0 Å². The Bertz CT molecular complexity index is 1540. The minimum absolute atomic E-state index is 0.0926. The van der Waals surface area contributed by atoms with Crippen LogP contribution in [0.5, 0.6) is 0 Å². The van der Waals surface area contributed by atoms with Crippen molar-refractivity contribution in [2.45, 2.75) is 335 Å². The molecule has 1 atom stereocenters. The SMILES string of the molecule is CC/C=C\C/C=C\C/C=C\C/C=C\C/C=C\CCCCCC(=O)OC(COC(=O)CCCCCCCCC/C=C\C/C=C\CCCCC)COC(=O)CCCCCCCCCCCCCCC/C=C\CCCCCCCCCC. The summed E-state index contributed by atoms with van der Waals surface area (Å²) in [5.74, 6) is -0.921. The van der Waals surface area contributed by atoms with Gasteiger partial charge in [0, 0.05) is 19.3 Å². The van der Waals surface area contributed by atoms with Crippen LogP contribution in [0.15, 0.2) is 97.2 Å². The lowest BCUT2D eigenvalue weighted by Crippen LogP contribution is -2.30. The van der Waals surface area contributed by atoms with Crippen molar-refractivity contribution in [1.29, 1.82) is 0 Å². The van der Waals surface area contributed by atoms with E-state index in [1.54, 1.807) is 0 Å². The zero-order valence-electron chi connectivity index (χ0n) is 52.1. The molecule has 6 heteroatoms. The molecule has 0 aliphatic heterocycles. The van der Waals surface area contributed by atoms with Gasteiger partial charge in [-0.25, -0.2) is 0 Å². The second kappa shape index (κ2) is 66.8. The van der Waals surface area contributed by atoms with Crippen LogP contribution in [0.4, 0.5) is 0 Å². The van der Waals surface area contributed by atoms with E-state index >= 15 is 0 Å². The van der Waals surface area contributed by atoms with E-state index in [-0.39, 0.29) is 37.5 Å². The van der Waals surface area contributed by atoms with E-state index in [1.807, 2.05) is 0 Å². The maximum absolute atomic E-state index is 12.9. The highest BCUT2D eigenvalue weighted by Crippen LogP contribution is 2.16. The van der Waals surface area contributed by atoms with Crippen LogP contribution in [0.25, 0.3) is 0 Å². The number of carbonyl (C=O) groups excluding carboxylic acids is 3. The van der Waals surface area contributed by atoms with Crippen molar-refractivity contribution in [3.8, 4) is 0 Å². The fourth-order valence-corrected chi connectivity index (χ4v) is 9.50. The van der Waals surface area contributed by atoms with Gasteiger partial charge >= 0.3 is 17.9 Å². The quantitative estimate of drug-likeness (QED) is 0.0261. The molecular formula is C73H126O6. The van der Waals surface area contributed by atoms with E-state index in [2.05, 4.69) is 118 Å². The Hall–Kier alpha value is -3.67. The molecule has 1 unspecified atom stereocenters. The molecule has 0 aliphatic rings. The first-order valence-corrected chi connectivity index (χ1v) is 33.7. The van der Waals surface area contributed by atoms with Gasteiger partial charge in [0.1, 0.15) is 13.2 Å². The predicted octanol–water partition coefficient (Wildman–Crippen LogP) is 23.2. The van der Waals surface area contributed by atoms with Crippen molar-refractivity contribution in [3.63, 3.8) is 0 Å². The van der Waals surface area contributed by atoms with Crippen LogP contribution in [0, 0.1) is 0 Å². The Morgan fingerprint density at radius 2 is 0.494 bits per heavy atom. The summed E-state index contributed by atoms with van der Waals surface area (Å²) < 4.78 is 16.9. The van der Waals surface area contributed by atoms with Gasteiger partial charge in [-0.1, -0.05) is 285 Å². The molecule has 0 rings (SSSR count). The molecule has 0 heterocycles. The van der Waals surface area contributed by atoms with Crippen LogP contribution in [0.3, 0.4) is 0 Å². The van der Waals surface area contributed by atoms with Gasteiger partial charge in [-0.15, -0.1) is 0 Å². The highest BCUT2D eigenvalue weighted by molar-refractivity contribution is 5.71. The summed E-state index contributed by atoms with van der Waals surface area (Å²) in [6, 6.07) is 0. The van der Waals surface area contributed by atoms with E-state index in [9.17, 15) is 14.4 Å². The summed E-state index contributed by atoms with van der Waals surface area (Å²) in [7, 11) is 0. The lowest BCUT2D eigenvalue weighted by Gasteiger charge is -2.18. The molecular weight excluding hydrogens is 973 g/mol. The molecule has 6 nitrogen and oxygen atoms in total. The predicted molar refractivity (Wildman–Crippen MR) is 344 cm³/mol. The lowest BCUT2D eigenvalue weighted by atomic mass is 10.0. The monoisotopic (exact) mass is 1100 g/mol. The first-order valence-electron chi connectivity index (χ1n) is 33.7. The van der Waals surface area contributed by atoms with Gasteiger partial charge in [-0.3, -0.25) is 14.4 Å². The first-order chi connectivity index (χ1) is 39.0. The molecule has 0 radical (unpaired) electrons. The lowest BCUT2D eigenvalue weighted by molar-refractivity contribution is -0.167. The maximum Gasteiger partial charge on any atom is 0.306 e. The van der Waals surface area contributed by atoms with E-state index < -0.39 is 6.10 Å². The van der Waals surface area contributed by atoms with Gasteiger partial charge < -0.3 is 14.2 Å². The second-order valence-electron chi connectivity index (χ2n) is 22.3. The maximum atomic E-state index is 12.9. The molecule has 454 valence electrons. The molecule has 79 heavy (non-hydrogen) atoms. The van der Waals surface area contributed by atoms with Crippen LogP contribution in [-0.2, 0) is 28.6 Å². The zero-order valence-corrected chi connectivity index (χ0v) is 52.1. The van der Waals surface area contributed by atoms with Crippen LogP contribution < -0.4 is 0 Å². The topological polar surface area (TPSA) is 78.9 Å². The molecule has 0 fully saturated rings. The Labute approximate surface area is 489 Å². The summed E-state index contributed by atoms with van der Waals surface area (Å²) in [4.78, 5) is 38.4. The highest BCUT2D eigenvalue weighted by Gasteiger charge is 2.19. The number of hydrogen-bond acceptors (Lipinski definition) is 6. The average Bonchev–Trinajstić information content (AvgIpc) is 3.45. The van der Waals surface area contributed by atoms with Crippen molar-refractivity contribution < 1.29 is 28.6 Å². The molecule has 0 saturated carbocycles. The Balaban J connectivity index is 4.38. The minimum Gasteiger partial charge on any atom is -0.462 e. The first kappa shape index (κ1) is 75.3. The summed E-state index contributed by atoms with van der Waals surface area (Å²) >= 11 is 0. The highest BCUT2D eigenvalue weighted by atomic mass is 16.6. The number of rotatable bonds is 61. The fourth-order valence-electron chi connectivity index (χ4n) is 9.50. The van der Waals surface area contributed by atoms with E-state index in [0.29, 0.717) is 12.8 Å². The second-order valence-corrected chi connectivity index (χ2v) is 22.3. The van der Waals surface area contributed by atoms with Gasteiger partial charge in [0.05, 0.1) is 0 Å². The van der Waals surface area contributed by atoms with E-state index in [0.717, 1.165) is 109 Å². The molecule has 0 saturated heterocycles. The van der Waals surface area contributed by atoms with Gasteiger partial charge in [-0.05, 0) is 122 Å². The number of hydrogen-bond donors (Lipinski definition) is 0. The Morgan fingerprint density at radius 3 is 0.823 bits per heavy atom. The largest absolute Gasteiger partial charge is 0.462 e. The Kier molecular flexibility index (Phi) is 63.7. The summed E-state index contributed by atoms with van der Waals surface area (Å²) in [5.41, 5.74) is 0. The van der Waals surface area contributed by atoms with Crippen molar-refractivity contribution >= 4 is 17.9 Å². The third-order valence-electron chi connectivity index (χ3n) is 14.5. The van der Waals surface area contributed by atoms with Gasteiger partial charge in [-0.2, -0.15) is 0 Å². The average molecular weight is 1100 g/mol. The number of allylic oxidation sites excluding steroid dienone is 16. The number of unbranched alkanes of at least 4 members (excludes halogenated alkanes) is 34. The summed E-state index contributed by atoms with van der Waals surface area (Å²) in [6.07, 6.45) is 89.9. The van der Waals surface area contributed by atoms with E-state index in [1.165, 1.54) is 180 Å². The molecule has 0 aromatic heterocycles. The van der Waals surface area contributed by atoms with Crippen molar-refractivity contribution in [1.82, 2.24) is 0 Å². The molecule has 0 spiro atoms. The summed E-state index contributed by atoms with van der Waals surface area (Å²) in [6.45, 7) is 6.50. The van der Waals surface area contributed by atoms with Gasteiger partial charge in [0.15, 0.2) is 6.10 Å². The molecule has 0 aliphatic carbocycles. The smallest absolute Gasteiger partial charge is 0.306 e. The molecule has 0 amide bonds. The fraction of sp³-hybridized carbons (Fsp3) is 0.740. The molecule has 0 aromatic rings.